The molecule has 3 heteroatoms. The van der Waals surface area contributed by atoms with Crippen LogP contribution in [0.1, 0.15) is 30.5 Å². The van der Waals surface area contributed by atoms with Crippen molar-refractivity contribution in [2.45, 2.75) is 32.2 Å². The summed E-state index contributed by atoms with van der Waals surface area (Å²) in [5.74, 6) is 0. The van der Waals surface area contributed by atoms with Crippen LogP contribution < -0.4 is 5.73 Å². The molecule has 90 valence electrons. The molecule has 1 aromatic rings. The van der Waals surface area contributed by atoms with Crippen molar-refractivity contribution in [1.82, 2.24) is 9.88 Å². The van der Waals surface area contributed by atoms with Gasteiger partial charge < -0.3 is 10.6 Å². The lowest BCUT2D eigenvalue weighted by atomic mass is 10.1. The third-order valence-electron chi connectivity index (χ3n) is 2.65. The molecule has 0 spiro atoms. The van der Waals surface area contributed by atoms with Crippen molar-refractivity contribution in [3.63, 3.8) is 0 Å². The quantitative estimate of drug-likeness (QED) is 0.714. The number of nitrogens with two attached hydrogens (primary N) is 1. The van der Waals surface area contributed by atoms with E-state index in [0.29, 0.717) is 6.54 Å². The SMILES string of the molecule is CN(C)CCCCCc1cc(CN)ccn1. The van der Waals surface area contributed by atoms with Crippen molar-refractivity contribution in [1.29, 1.82) is 0 Å². The maximum absolute atomic E-state index is 5.60. The summed E-state index contributed by atoms with van der Waals surface area (Å²) in [6, 6.07) is 4.10. The van der Waals surface area contributed by atoms with Gasteiger partial charge in [-0.3, -0.25) is 4.98 Å². The van der Waals surface area contributed by atoms with Crippen LogP contribution in [0.15, 0.2) is 18.3 Å². The fraction of sp³-hybridized carbons (Fsp3) is 0.615. The highest BCUT2D eigenvalue weighted by Gasteiger charge is 1.97. The van der Waals surface area contributed by atoms with Crippen LogP contribution >= 0.6 is 0 Å². The van der Waals surface area contributed by atoms with Gasteiger partial charge in [0.15, 0.2) is 0 Å². The Balaban J connectivity index is 2.21. The van der Waals surface area contributed by atoms with Gasteiger partial charge in [0, 0.05) is 18.4 Å². The number of aromatic nitrogens is 1. The molecule has 0 amide bonds. The summed E-state index contributed by atoms with van der Waals surface area (Å²) in [4.78, 5) is 6.58. The zero-order valence-corrected chi connectivity index (χ0v) is 10.4. The Morgan fingerprint density at radius 2 is 2.06 bits per heavy atom. The highest BCUT2D eigenvalue weighted by molar-refractivity contribution is 5.15. The molecule has 0 aliphatic carbocycles. The number of pyridine rings is 1. The summed E-state index contributed by atoms with van der Waals surface area (Å²) in [6.07, 6.45) is 6.68. The van der Waals surface area contributed by atoms with Gasteiger partial charge in [0.25, 0.3) is 0 Å². The van der Waals surface area contributed by atoms with Crippen molar-refractivity contribution in [2.75, 3.05) is 20.6 Å². The summed E-state index contributed by atoms with van der Waals surface area (Å²) in [6.45, 7) is 1.78. The van der Waals surface area contributed by atoms with E-state index in [9.17, 15) is 0 Å². The highest BCUT2D eigenvalue weighted by Crippen LogP contribution is 2.06. The minimum atomic E-state index is 0.607. The van der Waals surface area contributed by atoms with Crippen LogP contribution in [0.2, 0.25) is 0 Å². The van der Waals surface area contributed by atoms with Crippen LogP contribution in [-0.2, 0) is 13.0 Å². The van der Waals surface area contributed by atoms with Gasteiger partial charge in [-0.05, 0) is 57.6 Å². The summed E-state index contributed by atoms with van der Waals surface area (Å²) in [7, 11) is 4.23. The molecular weight excluding hydrogens is 198 g/mol. The first-order valence-corrected chi connectivity index (χ1v) is 6.01. The molecule has 0 atom stereocenters. The van der Waals surface area contributed by atoms with Crippen LogP contribution in [0, 0.1) is 0 Å². The molecular formula is C13H23N3. The summed E-state index contributed by atoms with van der Waals surface area (Å²) < 4.78 is 0. The van der Waals surface area contributed by atoms with E-state index < -0.39 is 0 Å². The first-order valence-electron chi connectivity index (χ1n) is 6.01. The Morgan fingerprint density at radius 3 is 2.75 bits per heavy atom. The second-order valence-corrected chi connectivity index (χ2v) is 4.47. The van der Waals surface area contributed by atoms with Gasteiger partial charge in [-0.2, -0.15) is 0 Å². The number of unbranched alkanes of at least 4 members (excludes halogenated alkanes) is 2. The Hall–Kier alpha value is -0.930. The van der Waals surface area contributed by atoms with Crippen molar-refractivity contribution in [3.05, 3.63) is 29.6 Å². The van der Waals surface area contributed by atoms with Crippen LogP contribution in [0.5, 0.6) is 0 Å². The minimum Gasteiger partial charge on any atom is -0.326 e. The molecule has 0 unspecified atom stereocenters. The van der Waals surface area contributed by atoms with E-state index in [2.05, 4.69) is 30.0 Å². The molecule has 0 fully saturated rings. The van der Waals surface area contributed by atoms with Crippen molar-refractivity contribution < 1.29 is 0 Å². The molecule has 0 bridgehead atoms. The van der Waals surface area contributed by atoms with Crippen molar-refractivity contribution >= 4 is 0 Å². The lowest BCUT2D eigenvalue weighted by molar-refractivity contribution is 0.391. The highest BCUT2D eigenvalue weighted by atomic mass is 15.0. The maximum Gasteiger partial charge on any atom is 0.0406 e. The van der Waals surface area contributed by atoms with Crippen LogP contribution in [-0.4, -0.2) is 30.5 Å². The normalized spacial score (nSPS) is 11.0. The first-order chi connectivity index (χ1) is 7.72. The van der Waals surface area contributed by atoms with E-state index in [0.717, 1.165) is 6.42 Å². The van der Waals surface area contributed by atoms with Gasteiger partial charge in [0.05, 0.1) is 0 Å². The molecule has 1 rings (SSSR count). The Labute approximate surface area is 98.7 Å². The molecule has 16 heavy (non-hydrogen) atoms. The smallest absolute Gasteiger partial charge is 0.0406 e. The summed E-state index contributed by atoms with van der Waals surface area (Å²) in [5, 5.41) is 0. The van der Waals surface area contributed by atoms with Gasteiger partial charge in [0.2, 0.25) is 0 Å². The van der Waals surface area contributed by atoms with Gasteiger partial charge in [-0.15, -0.1) is 0 Å². The Morgan fingerprint density at radius 1 is 1.25 bits per heavy atom. The summed E-state index contributed by atoms with van der Waals surface area (Å²) in [5.41, 5.74) is 7.95. The van der Waals surface area contributed by atoms with Crippen LogP contribution in [0.25, 0.3) is 0 Å². The number of nitrogens with zero attached hydrogens (tertiary/aromatic N) is 2. The van der Waals surface area contributed by atoms with Crippen LogP contribution in [0.3, 0.4) is 0 Å². The van der Waals surface area contributed by atoms with Gasteiger partial charge in [0.1, 0.15) is 0 Å². The van der Waals surface area contributed by atoms with Gasteiger partial charge in [-0.1, -0.05) is 6.42 Å². The zero-order chi connectivity index (χ0) is 11.8. The molecule has 0 aliphatic heterocycles. The molecule has 0 saturated heterocycles. The standard InChI is InChI=1S/C13H23N3/c1-16(2)9-5-3-4-6-13-10-12(11-14)7-8-15-13/h7-8,10H,3-6,9,11,14H2,1-2H3. The van der Waals surface area contributed by atoms with E-state index in [-0.39, 0.29) is 0 Å². The average molecular weight is 221 g/mol. The maximum atomic E-state index is 5.60. The van der Waals surface area contributed by atoms with Crippen LogP contribution in [0.4, 0.5) is 0 Å². The number of aryl methyl sites for hydroxylation is 1. The number of hydrogen-bond donors (Lipinski definition) is 1. The predicted octanol–water partition coefficient (Wildman–Crippen LogP) is 1.81. The Bertz CT molecular complexity index is 297. The molecule has 3 nitrogen and oxygen atoms in total. The molecule has 1 heterocycles. The molecule has 0 radical (unpaired) electrons. The largest absolute Gasteiger partial charge is 0.326 e. The Kier molecular flexibility index (Phi) is 6.04. The second kappa shape index (κ2) is 7.36. The van der Waals surface area contributed by atoms with Crippen molar-refractivity contribution in [3.8, 4) is 0 Å². The van der Waals surface area contributed by atoms with E-state index in [1.54, 1.807) is 0 Å². The molecule has 1 aromatic heterocycles. The average Bonchev–Trinajstić information content (AvgIpc) is 2.28. The minimum absolute atomic E-state index is 0.607. The molecule has 2 N–H and O–H groups in total. The summed E-state index contributed by atoms with van der Waals surface area (Å²) >= 11 is 0. The molecule has 0 saturated carbocycles. The third kappa shape index (κ3) is 5.24. The number of hydrogen-bond acceptors (Lipinski definition) is 3. The second-order valence-electron chi connectivity index (χ2n) is 4.47. The van der Waals surface area contributed by atoms with E-state index >= 15 is 0 Å². The van der Waals surface area contributed by atoms with Gasteiger partial charge >= 0.3 is 0 Å². The van der Waals surface area contributed by atoms with E-state index in [4.69, 9.17) is 5.73 Å². The zero-order valence-electron chi connectivity index (χ0n) is 10.4. The van der Waals surface area contributed by atoms with Crippen molar-refractivity contribution in [2.24, 2.45) is 5.73 Å². The monoisotopic (exact) mass is 221 g/mol. The lowest BCUT2D eigenvalue weighted by Crippen LogP contribution is -2.12. The fourth-order valence-electron chi connectivity index (χ4n) is 1.70. The first kappa shape index (κ1) is 13.1. The van der Waals surface area contributed by atoms with E-state index in [1.807, 2.05) is 12.3 Å². The third-order valence-corrected chi connectivity index (χ3v) is 2.65. The topological polar surface area (TPSA) is 42.1 Å². The molecule has 0 aliphatic rings. The lowest BCUT2D eigenvalue weighted by Gasteiger charge is -2.08. The fourth-order valence-corrected chi connectivity index (χ4v) is 1.70. The van der Waals surface area contributed by atoms with E-state index in [1.165, 1.54) is 37.1 Å². The predicted molar refractivity (Wildman–Crippen MR) is 68.2 cm³/mol. The number of rotatable bonds is 7. The van der Waals surface area contributed by atoms with Gasteiger partial charge in [-0.25, -0.2) is 0 Å². The molecule has 0 aromatic carbocycles.